The first kappa shape index (κ1) is 10.6. The minimum Gasteiger partial charge on any atom is -0.393 e. The molecule has 82 valence electrons. The first-order chi connectivity index (χ1) is 7.16. The topological polar surface area (TPSA) is 32.3 Å². The van der Waals surface area contributed by atoms with Gasteiger partial charge in [-0.25, -0.2) is 4.39 Å². The Hall–Kier alpha value is -0.930. The Morgan fingerprint density at radius 1 is 1.40 bits per heavy atom. The number of benzene rings is 1. The Bertz CT molecular complexity index is 336. The van der Waals surface area contributed by atoms with Crippen molar-refractivity contribution in [1.82, 2.24) is 5.32 Å². The molecule has 15 heavy (non-hydrogen) atoms. The fraction of sp³-hybridized carbons (Fsp3) is 0.500. The lowest BCUT2D eigenvalue weighted by atomic mass is 9.88. The fourth-order valence-electron chi connectivity index (χ4n) is 1.99. The third kappa shape index (κ3) is 2.36. The zero-order valence-corrected chi connectivity index (χ0v) is 8.78. The largest absolute Gasteiger partial charge is 0.393 e. The average molecular weight is 209 g/mol. The molecule has 1 fully saturated rings. The van der Waals surface area contributed by atoms with Gasteiger partial charge in [0.15, 0.2) is 0 Å². The summed E-state index contributed by atoms with van der Waals surface area (Å²) in [4.78, 5) is 0. The van der Waals surface area contributed by atoms with Crippen molar-refractivity contribution in [2.24, 2.45) is 0 Å². The Kier molecular flexibility index (Phi) is 3.03. The Morgan fingerprint density at radius 2 is 2.07 bits per heavy atom. The highest BCUT2D eigenvalue weighted by Gasteiger charge is 2.28. The smallest absolute Gasteiger partial charge is 0.127 e. The summed E-state index contributed by atoms with van der Waals surface area (Å²) < 4.78 is 13.4. The van der Waals surface area contributed by atoms with Crippen LogP contribution in [0.15, 0.2) is 24.3 Å². The standard InChI is InChI=1S/C12H16FNO/c1-8(14-9-6-10(15)7-9)11-4-2-3-5-12(11)13/h2-5,8-10,14-15H,6-7H2,1H3. The van der Waals surface area contributed by atoms with Crippen LogP contribution in [0.5, 0.6) is 0 Å². The van der Waals surface area contributed by atoms with E-state index in [0.717, 1.165) is 12.8 Å². The van der Waals surface area contributed by atoms with E-state index in [9.17, 15) is 4.39 Å². The lowest BCUT2D eigenvalue weighted by molar-refractivity contribution is 0.0584. The van der Waals surface area contributed by atoms with E-state index in [0.29, 0.717) is 11.6 Å². The molecule has 1 aliphatic rings. The highest BCUT2D eigenvalue weighted by atomic mass is 19.1. The van der Waals surface area contributed by atoms with Crippen molar-refractivity contribution in [2.45, 2.75) is 38.0 Å². The van der Waals surface area contributed by atoms with Gasteiger partial charge in [0, 0.05) is 17.6 Å². The van der Waals surface area contributed by atoms with Gasteiger partial charge >= 0.3 is 0 Å². The zero-order valence-electron chi connectivity index (χ0n) is 8.78. The molecule has 1 aromatic rings. The summed E-state index contributed by atoms with van der Waals surface area (Å²) in [5, 5.41) is 12.4. The lowest BCUT2D eigenvalue weighted by Gasteiger charge is -2.34. The van der Waals surface area contributed by atoms with Gasteiger partial charge in [0.2, 0.25) is 0 Å². The van der Waals surface area contributed by atoms with E-state index in [1.165, 1.54) is 6.07 Å². The number of rotatable bonds is 3. The van der Waals surface area contributed by atoms with Gasteiger partial charge in [0.05, 0.1) is 6.10 Å². The van der Waals surface area contributed by atoms with Gasteiger partial charge in [-0.3, -0.25) is 0 Å². The van der Waals surface area contributed by atoms with Crippen molar-refractivity contribution in [3.8, 4) is 0 Å². The summed E-state index contributed by atoms with van der Waals surface area (Å²) >= 11 is 0. The second-order valence-corrected chi connectivity index (χ2v) is 4.23. The van der Waals surface area contributed by atoms with Crippen LogP contribution in [-0.4, -0.2) is 17.3 Å². The number of aliphatic hydroxyl groups is 1. The number of hydrogen-bond acceptors (Lipinski definition) is 2. The average Bonchev–Trinajstić information content (AvgIpc) is 2.16. The SMILES string of the molecule is CC(NC1CC(O)C1)c1ccccc1F. The molecule has 0 aromatic heterocycles. The van der Waals surface area contributed by atoms with Crippen molar-refractivity contribution >= 4 is 0 Å². The third-order valence-electron chi connectivity index (χ3n) is 2.97. The molecule has 0 aliphatic heterocycles. The fourth-order valence-corrected chi connectivity index (χ4v) is 1.99. The van der Waals surface area contributed by atoms with Gasteiger partial charge in [0.25, 0.3) is 0 Å². The van der Waals surface area contributed by atoms with Crippen molar-refractivity contribution in [3.63, 3.8) is 0 Å². The molecule has 1 aliphatic carbocycles. The molecule has 0 amide bonds. The minimum atomic E-state index is -0.171. The number of halogens is 1. The van der Waals surface area contributed by atoms with Crippen molar-refractivity contribution in [2.75, 3.05) is 0 Å². The van der Waals surface area contributed by atoms with E-state index >= 15 is 0 Å². The maximum atomic E-state index is 13.4. The highest BCUT2D eigenvalue weighted by Crippen LogP contribution is 2.24. The van der Waals surface area contributed by atoms with Crippen LogP contribution in [0.4, 0.5) is 4.39 Å². The van der Waals surface area contributed by atoms with Crippen molar-refractivity contribution < 1.29 is 9.50 Å². The molecule has 1 saturated carbocycles. The van der Waals surface area contributed by atoms with Crippen molar-refractivity contribution in [1.29, 1.82) is 0 Å². The first-order valence-corrected chi connectivity index (χ1v) is 5.35. The Balaban J connectivity index is 1.96. The number of nitrogens with one attached hydrogen (secondary N) is 1. The zero-order chi connectivity index (χ0) is 10.8. The van der Waals surface area contributed by atoms with Crippen LogP contribution in [-0.2, 0) is 0 Å². The molecule has 2 nitrogen and oxygen atoms in total. The van der Waals surface area contributed by atoms with Gasteiger partial charge < -0.3 is 10.4 Å². The normalized spacial score (nSPS) is 27.1. The predicted octanol–water partition coefficient (Wildman–Crippen LogP) is 2.00. The molecule has 2 rings (SSSR count). The molecular formula is C12H16FNO. The van der Waals surface area contributed by atoms with Crippen LogP contribution < -0.4 is 5.32 Å². The molecule has 0 heterocycles. The van der Waals surface area contributed by atoms with E-state index in [2.05, 4.69) is 5.32 Å². The molecule has 1 aromatic carbocycles. The summed E-state index contributed by atoms with van der Waals surface area (Å²) in [6.45, 7) is 1.95. The third-order valence-corrected chi connectivity index (χ3v) is 2.97. The Labute approximate surface area is 89.1 Å². The number of hydrogen-bond donors (Lipinski definition) is 2. The Morgan fingerprint density at radius 3 is 2.67 bits per heavy atom. The van der Waals surface area contributed by atoms with E-state index in [4.69, 9.17) is 5.11 Å². The molecule has 2 N–H and O–H groups in total. The van der Waals surface area contributed by atoms with Crippen LogP contribution in [0.25, 0.3) is 0 Å². The van der Waals surface area contributed by atoms with Crippen LogP contribution >= 0.6 is 0 Å². The molecule has 1 atom stereocenters. The summed E-state index contributed by atoms with van der Waals surface area (Å²) in [7, 11) is 0. The van der Waals surface area contributed by atoms with Crippen LogP contribution in [0.2, 0.25) is 0 Å². The van der Waals surface area contributed by atoms with E-state index in [1.54, 1.807) is 12.1 Å². The van der Waals surface area contributed by atoms with Gasteiger partial charge in [-0.05, 0) is 25.8 Å². The van der Waals surface area contributed by atoms with Crippen molar-refractivity contribution in [3.05, 3.63) is 35.6 Å². The summed E-state index contributed by atoms with van der Waals surface area (Å²) in [6.07, 6.45) is 1.38. The minimum absolute atomic E-state index is 0.00343. The predicted molar refractivity (Wildman–Crippen MR) is 57.0 cm³/mol. The number of aliphatic hydroxyl groups excluding tert-OH is 1. The van der Waals surface area contributed by atoms with E-state index in [1.807, 2.05) is 13.0 Å². The molecule has 0 spiro atoms. The van der Waals surface area contributed by atoms with Gasteiger partial charge in [0.1, 0.15) is 5.82 Å². The summed E-state index contributed by atoms with van der Waals surface area (Å²) in [5.41, 5.74) is 0.693. The second-order valence-electron chi connectivity index (χ2n) is 4.23. The van der Waals surface area contributed by atoms with Crippen LogP contribution in [0, 0.1) is 5.82 Å². The van der Waals surface area contributed by atoms with Gasteiger partial charge in [-0.2, -0.15) is 0 Å². The van der Waals surface area contributed by atoms with E-state index in [-0.39, 0.29) is 18.0 Å². The molecule has 0 saturated heterocycles. The summed E-state index contributed by atoms with van der Waals surface area (Å²) in [5.74, 6) is -0.169. The quantitative estimate of drug-likeness (QED) is 0.798. The van der Waals surface area contributed by atoms with Gasteiger partial charge in [-0.1, -0.05) is 18.2 Å². The monoisotopic (exact) mass is 209 g/mol. The van der Waals surface area contributed by atoms with Crippen LogP contribution in [0.1, 0.15) is 31.4 Å². The second kappa shape index (κ2) is 4.29. The summed E-state index contributed by atoms with van der Waals surface area (Å²) in [6, 6.07) is 7.13. The highest BCUT2D eigenvalue weighted by molar-refractivity contribution is 5.20. The van der Waals surface area contributed by atoms with E-state index < -0.39 is 0 Å². The molecule has 1 unspecified atom stereocenters. The van der Waals surface area contributed by atoms with Gasteiger partial charge in [-0.15, -0.1) is 0 Å². The maximum absolute atomic E-state index is 13.4. The van der Waals surface area contributed by atoms with Crippen LogP contribution in [0.3, 0.4) is 0 Å². The molecule has 0 radical (unpaired) electrons. The first-order valence-electron chi connectivity index (χ1n) is 5.35. The molecule has 3 heteroatoms. The maximum Gasteiger partial charge on any atom is 0.127 e. The molecular weight excluding hydrogens is 193 g/mol. The molecule has 0 bridgehead atoms. The lowest BCUT2D eigenvalue weighted by Crippen LogP contribution is -2.45.